The number of furan rings is 1. The van der Waals surface area contributed by atoms with Gasteiger partial charge in [-0.1, -0.05) is 152 Å². The van der Waals surface area contributed by atoms with Gasteiger partial charge in [0.15, 0.2) is 0 Å². The molecule has 0 aliphatic carbocycles. The monoisotopic (exact) mass is 597 g/mol. The summed E-state index contributed by atoms with van der Waals surface area (Å²) in [5.74, 6) is 0. The molecule has 0 spiro atoms. The van der Waals surface area contributed by atoms with E-state index in [0.29, 0.717) is 6.04 Å². The molecule has 0 atom stereocenters. The van der Waals surface area contributed by atoms with Gasteiger partial charge in [-0.25, -0.2) is 0 Å². The summed E-state index contributed by atoms with van der Waals surface area (Å²) in [4.78, 5) is 0. The molecule has 1 heterocycles. The van der Waals surface area contributed by atoms with Gasteiger partial charge in [0.05, 0.1) is 1.37 Å². The second-order valence-electron chi connectivity index (χ2n) is 12.3. The maximum atomic E-state index is 8.58. The first kappa shape index (κ1) is 25.1. The molecule has 1 nitrogen and oxygen atoms in total. The third-order valence-electron chi connectivity index (χ3n) is 9.75. The van der Waals surface area contributed by atoms with Gasteiger partial charge >= 0.3 is 0 Å². The molecular formula is C46H28O. The average molecular weight is 598 g/mol. The number of fused-ring (bicyclic) bond motifs is 7. The molecule has 0 aliphatic rings. The lowest BCUT2D eigenvalue weighted by atomic mass is 9.84. The first-order valence-electron chi connectivity index (χ1n) is 16.6. The van der Waals surface area contributed by atoms with Crippen molar-refractivity contribution < 1.29 is 5.79 Å². The minimum Gasteiger partial charge on any atom is -0.456 e. The highest BCUT2D eigenvalue weighted by molar-refractivity contribution is 6.23. The molecule has 47 heavy (non-hydrogen) atoms. The van der Waals surface area contributed by atoms with Crippen molar-refractivity contribution in [3.63, 3.8) is 0 Å². The lowest BCUT2D eigenvalue weighted by Gasteiger charge is -2.19. The summed E-state index contributed by atoms with van der Waals surface area (Å²) in [6.45, 7) is 0. The molecule has 9 aromatic carbocycles. The van der Waals surface area contributed by atoms with Crippen molar-refractivity contribution in [2.24, 2.45) is 0 Å². The Balaban J connectivity index is 1.19. The molecule has 0 saturated heterocycles. The molecule has 0 radical (unpaired) electrons. The standard InChI is InChI=1S/C46H28O/c1-2-13-33-28-43-41(27-32(33)12-1)46-35(20-10-22-42(46)47-43)30-23-25-31(26-24-30)44-37-16-5-7-18-39(37)45(40-19-8-6-17-38(40)44)36-21-9-14-29-11-3-4-15-34(29)36/h1-28H/i14D. The van der Waals surface area contributed by atoms with Gasteiger partial charge in [-0.15, -0.1) is 0 Å². The normalized spacial score (nSPS) is 12.1. The zero-order valence-electron chi connectivity index (χ0n) is 26.5. The van der Waals surface area contributed by atoms with Crippen molar-refractivity contribution in [3.8, 4) is 33.4 Å². The largest absolute Gasteiger partial charge is 0.456 e. The van der Waals surface area contributed by atoms with E-state index in [0.717, 1.165) is 43.8 Å². The minimum absolute atomic E-state index is 0.548. The summed E-state index contributed by atoms with van der Waals surface area (Å²) >= 11 is 0. The van der Waals surface area contributed by atoms with Gasteiger partial charge in [-0.2, -0.15) is 0 Å². The summed E-state index contributed by atoms with van der Waals surface area (Å²) < 4.78 is 15.0. The Kier molecular flexibility index (Phi) is 5.42. The third kappa shape index (κ3) is 3.97. The van der Waals surface area contributed by atoms with Crippen LogP contribution in [0.1, 0.15) is 1.37 Å². The first-order chi connectivity index (χ1) is 23.7. The molecular weight excluding hydrogens is 569 g/mol. The van der Waals surface area contributed by atoms with E-state index in [4.69, 9.17) is 5.79 Å². The van der Waals surface area contributed by atoms with Crippen molar-refractivity contribution in [1.82, 2.24) is 0 Å². The van der Waals surface area contributed by atoms with Crippen LogP contribution in [0.4, 0.5) is 0 Å². The average Bonchev–Trinajstić information content (AvgIpc) is 3.51. The predicted octanol–water partition coefficient (Wildman–Crippen LogP) is 13.2. The van der Waals surface area contributed by atoms with Crippen molar-refractivity contribution in [1.29, 1.82) is 0 Å². The Morgan fingerprint density at radius 1 is 0.362 bits per heavy atom. The topological polar surface area (TPSA) is 13.1 Å². The Morgan fingerprint density at radius 2 is 0.915 bits per heavy atom. The van der Waals surface area contributed by atoms with E-state index in [9.17, 15) is 0 Å². The van der Waals surface area contributed by atoms with E-state index in [2.05, 4.69) is 152 Å². The summed E-state index contributed by atoms with van der Waals surface area (Å²) in [6, 6.07) is 58.7. The van der Waals surface area contributed by atoms with Gasteiger partial charge in [0, 0.05) is 10.8 Å². The third-order valence-corrected chi connectivity index (χ3v) is 9.75. The second kappa shape index (κ2) is 10.2. The zero-order chi connectivity index (χ0) is 31.8. The van der Waals surface area contributed by atoms with Crippen LogP contribution in [0, 0.1) is 0 Å². The van der Waals surface area contributed by atoms with Crippen molar-refractivity contribution in [2.45, 2.75) is 0 Å². The van der Waals surface area contributed by atoms with Crippen molar-refractivity contribution in [2.75, 3.05) is 0 Å². The molecule has 0 bridgehead atoms. The molecule has 1 heteroatoms. The fourth-order valence-corrected chi connectivity index (χ4v) is 7.66. The highest BCUT2D eigenvalue weighted by Crippen LogP contribution is 2.46. The molecule has 1 aromatic heterocycles. The van der Waals surface area contributed by atoms with Gasteiger partial charge in [0.25, 0.3) is 0 Å². The van der Waals surface area contributed by atoms with Crippen LogP contribution < -0.4 is 0 Å². The quantitative estimate of drug-likeness (QED) is 0.185. The van der Waals surface area contributed by atoms with Crippen LogP contribution in [0.3, 0.4) is 0 Å². The van der Waals surface area contributed by atoms with Gasteiger partial charge < -0.3 is 4.42 Å². The van der Waals surface area contributed by atoms with E-state index in [1.54, 1.807) is 0 Å². The molecule has 0 aliphatic heterocycles. The molecule has 0 N–H and O–H groups in total. The van der Waals surface area contributed by atoms with Crippen LogP contribution in [0.15, 0.2) is 174 Å². The minimum atomic E-state index is 0.548. The van der Waals surface area contributed by atoms with Gasteiger partial charge in [0.2, 0.25) is 0 Å². The second-order valence-corrected chi connectivity index (χ2v) is 12.3. The summed E-state index contributed by atoms with van der Waals surface area (Å²) in [5, 5.41) is 11.6. The Morgan fingerprint density at radius 3 is 1.62 bits per heavy atom. The summed E-state index contributed by atoms with van der Waals surface area (Å²) in [7, 11) is 0. The van der Waals surface area contributed by atoms with Crippen LogP contribution >= 0.6 is 0 Å². The molecule has 0 amide bonds. The number of hydrogen-bond donors (Lipinski definition) is 0. The molecule has 0 unspecified atom stereocenters. The highest BCUT2D eigenvalue weighted by Gasteiger charge is 2.18. The molecule has 0 fully saturated rings. The van der Waals surface area contributed by atoms with E-state index >= 15 is 0 Å². The molecule has 218 valence electrons. The zero-order valence-corrected chi connectivity index (χ0v) is 25.5. The van der Waals surface area contributed by atoms with Gasteiger partial charge in [-0.3, -0.25) is 0 Å². The molecule has 0 saturated carbocycles. The van der Waals surface area contributed by atoms with Crippen molar-refractivity contribution >= 4 is 65.0 Å². The lowest BCUT2D eigenvalue weighted by molar-refractivity contribution is 0.669. The highest BCUT2D eigenvalue weighted by atomic mass is 16.3. The molecule has 10 aromatic rings. The van der Waals surface area contributed by atoms with Gasteiger partial charge in [-0.05, 0) is 94.7 Å². The SMILES string of the molecule is [2H]c1ccc(-c2c3ccccc3c(-c3ccc(-c4cccc5oc6cc7ccccc7cc6c45)cc3)c3ccccc23)c2ccccc12. The predicted molar refractivity (Wildman–Crippen MR) is 200 cm³/mol. The number of rotatable bonds is 3. The lowest BCUT2D eigenvalue weighted by Crippen LogP contribution is -1.91. The maximum absolute atomic E-state index is 8.58. The summed E-state index contributed by atoms with van der Waals surface area (Å²) in [5.41, 5.74) is 8.93. The molecule has 10 rings (SSSR count). The van der Waals surface area contributed by atoms with E-state index < -0.39 is 0 Å². The van der Waals surface area contributed by atoms with E-state index in [-0.39, 0.29) is 0 Å². The fraction of sp³-hybridized carbons (Fsp3) is 0. The van der Waals surface area contributed by atoms with Crippen LogP contribution in [0.5, 0.6) is 0 Å². The number of hydrogen-bond acceptors (Lipinski definition) is 1. The van der Waals surface area contributed by atoms with Crippen molar-refractivity contribution in [3.05, 3.63) is 170 Å². The first-order valence-corrected chi connectivity index (χ1v) is 16.1. The van der Waals surface area contributed by atoms with Crippen LogP contribution in [0.2, 0.25) is 0 Å². The summed E-state index contributed by atoms with van der Waals surface area (Å²) in [6.07, 6.45) is 0. The smallest absolute Gasteiger partial charge is 0.136 e. The Labute approximate surface area is 273 Å². The Hall–Kier alpha value is -6.18. The van der Waals surface area contributed by atoms with E-state index in [1.165, 1.54) is 54.6 Å². The Bertz CT molecular complexity index is 2840. The van der Waals surface area contributed by atoms with Crippen LogP contribution in [0.25, 0.3) is 98.4 Å². The van der Waals surface area contributed by atoms with Crippen LogP contribution in [-0.2, 0) is 0 Å². The van der Waals surface area contributed by atoms with Crippen LogP contribution in [-0.4, -0.2) is 0 Å². The van der Waals surface area contributed by atoms with Gasteiger partial charge in [0.1, 0.15) is 11.2 Å². The maximum Gasteiger partial charge on any atom is 0.136 e. The fourth-order valence-electron chi connectivity index (χ4n) is 7.66. The van der Waals surface area contributed by atoms with E-state index in [1.807, 2.05) is 12.1 Å². The number of benzene rings is 9.